The van der Waals surface area contributed by atoms with Crippen LogP contribution < -0.4 is 0 Å². The summed E-state index contributed by atoms with van der Waals surface area (Å²) in [5.41, 5.74) is 0. The van der Waals surface area contributed by atoms with E-state index in [0.717, 1.165) is 13.2 Å². The average molecular weight is 242 g/mol. The zero-order valence-corrected chi connectivity index (χ0v) is 12.3. The van der Waals surface area contributed by atoms with Crippen molar-refractivity contribution in [3.8, 4) is 0 Å². The Hall–Kier alpha value is -0.0400. The Kier molecular flexibility index (Phi) is 15.9. The minimum Gasteiger partial charge on any atom is -0.381 e. The molecular weight excluding hydrogens is 208 g/mol. The molecule has 0 aliphatic carbocycles. The molecule has 1 nitrogen and oxygen atoms in total. The van der Waals surface area contributed by atoms with Crippen molar-refractivity contribution in [1.29, 1.82) is 0 Å². The summed E-state index contributed by atoms with van der Waals surface area (Å²) in [5.74, 6) is 0. The van der Waals surface area contributed by atoms with Crippen LogP contribution in [0.25, 0.3) is 0 Å². The Bertz CT molecular complexity index is 101. The second kappa shape index (κ2) is 16.0. The van der Waals surface area contributed by atoms with Gasteiger partial charge in [-0.15, -0.1) is 0 Å². The lowest BCUT2D eigenvalue weighted by Crippen LogP contribution is -1.80. The number of rotatable bonds is 9. The highest BCUT2D eigenvalue weighted by atomic mass is 16.5. The molecule has 0 aromatic rings. The van der Waals surface area contributed by atoms with Gasteiger partial charge in [-0.05, 0) is 12.8 Å². The lowest BCUT2D eigenvalue weighted by Gasteiger charge is -1.99. The third kappa shape index (κ3) is 16.0. The Morgan fingerprint density at radius 1 is 0.588 bits per heavy atom. The molecule has 0 bridgehead atoms. The molecule has 104 valence electrons. The Balaban J connectivity index is 0.000000419. The maximum absolute atomic E-state index is 4.94. The van der Waals surface area contributed by atoms with Crippen molar-refractivity contribution < 1.29 is 4.74 Å². The number of hydrogen-bond donors (Lipinski definition) is 0. The summed E-state index contributed by atoms with van der Waals surface area (Å²) < 4.78 is 4.94. The highest BCUT2D eigenvalue weighted by Crippen LogP contribution is 2.09. The zero-order valence-electron chi connectivity index (χ0n) is 12.3. The van der Waals surface area contributed by atoms with Crippen LogP contribution in [0.2, 0.25) is 0 Å². The van der Waals surface area contributed by atoms with Crippen molar-refractivity contribution in [3.05, 3.63) is 0 Å². The predicted octanol–water partition coefficient (Wildman–Crippen LogP) is 5.72. The fraction of sp³-hybridized carbons (Fsp3) is 1.00. The van der Waals surface area contributed by atoms with Crippen LogP contribution in [0.5, 0.6) is 0 Å². The third-order valence-corrected chi connectivity index (χ3v) is 3.28. The first kappa shape index (κ1) is 17.0. The monoisotopic (exact) mass is 242 g/mol. The highest BCUT2D eigenvalue weighted by molar-refractivity contribution is 4.45. The Morgan fingerprint density at radius 2 is 0.941 bits per heavy atom. The van der Waals surface area contributed by atoms with Gasteiger partial charge in [-0.3, -0.25) is 0 Å². The van der Waals surface area contributed by atoms with Crippen LogP contribution in [-0.2, 0) is 4.74 Å². The molecule has 0 spiro atoms. The first-order chi connectivity index (χ1) is 8.41. The number of ether oxygens (including phenoxy) is 1. The number of unbranched alkanes of at least 4 members (excludes halogenated alkanes) is 9. The van der Waals surface area contributed by atoms with Gasteiger partial charge in [0.1, 0.15) is 0 Å². The van der Waals surface area contributed by atoms with Gasteiger partial charge >= 0.3 is 0 Å². The van der Waals surface area contributed by atoms with Gasteiger partial charge in [0, 0.05) is 13.2 Å². The van der Waals surface area contributed by atoms with Crippen molar-refractivity contribution >= 4 is 0 Å². The van der Waals surface area contributed by atoms with Gasteiger partial charge in [0.25, 0.3) is 0 Å². The summed E-state index contributed by atoms with van der Waals surface area (Å²) in [4.78, 5) is 0. The molecule has 1 aliphatic rings. The van der Waals surface area contributed by atoms with E-state index in [-0.39, 0.29) is 0 Å². The molecular formula is C16H34O. The molecule has 0 aromatic carbocycles. The average Bonchev–Trinajstić information content (AvgIpc) is 2.92. The molecule has 1 heterocycles. The van der Waals surface area contributed by atoms with Crippen LogP contribution in [0.3, 0.4) is 0 Å². The summed E-state index contributed by atoms with van der Waals surface area (Å²) >= 11 is 0. The molecule has 17 heavy (non-hydrogen) atoms. The molecule has 1 aliphatic heterocycles. The molecule has 0 atom stereocenters. The van der Waals surface area contributed by atoms with E-state index in [1.165, 1.54) is 77.0 Å². The van der Waals surface area contributed by atoms with E-state index < -0.39 is 0 Å². The van der Waals surface area contributed by atoms with E-state index in [9.17, 15) is 0 Å². The molecule has 0 aromatic heterocycles. The summed E-state index contributed by atoms with van der Waals surface area (Å²) in [5, 5.41) is 0. The van der Waals surface area contributed by atoms with Crippen LogP contribution in [-0.4, -0.2) is 13.2 Å². The van der Waals surface area contributed by atoms with Crippen molar-refractivity contribution in [3.63, 3.8) is 0 Å². The first-order valence-electron chi connectivity index (χ1n) is 7.99. The van der Waals surface area contributed by atoms with Crippen LogP contribution in [0, 0.1) is 0 Å². The predicted molar refractivity (Wildman–Crippen MR) is 77.6 cm³/mol. The van der Waals surface area contributed by atoms with E-state index in [1.54, 1.807) is 0 Å². The minimum absolute atomic E-state index is 1.00. The molecule has 0 saturated carbocycles. The van der Waals surface area contributed by atoms with Crippen molar-refractivity contribution in [1.82, 2.24) is 0 Å². The fourth-order valence-corrected chi connectivity index (χ4v) is 2.07. The maximum atomic E-state index is 4.94. The van der Waals surface area contributed by atoms with Crippen molar-refractivity contribution in [2.24, 2.45) is 0 Å². The largest absolute Gasteiger partial charge is 0.381 e. The molecule has 0 amide bonds. The maximum Gasteiger partial charge on any atom is 0.0466 e. The van der Waals surface area contributed by atoms with E-state index in [2.05, 4.69) is 13.8 Å². The summed E-state index contributed by atoms with van der Waals surface area (Å²) in [6.45, 7) is 6.56. The molecule has 1 rings (SSSR count). The Morgan fingerprint density at radius 3 is 1.18 bits per heavy atom. The fourth-order valence-electron chi connectivity index (χ4n) is 2.07. The van der Waals surface area contributed by atoms with Crippen molar-refractivity contribution in [2.75, 3.05) is 13.2 Å². The second-order valence-corrected chi connectivity index (χ2v) is 5.15. The van der Waals surface area contributed by atoms with Gasteiger partial charge in [-0.25, -0.2) is 0 Å². The minimum atomic E-state index is 1.00. The number of hydrogen-bond acceptors (Lipinski definition) is 1. The standard InChI is InChI=1S/C12H26.C4H8O/c1-3-5-7-9-11-12-10-8-6-4-2;1-2-4-5-3-1/h3-12H2,1-2H3;1-4H2. The summed E-state index contributed by atoms with van der Waals surface area (Å²) in [6.07, 6.45) is 17.0. The van der Waals surface area contributed by atoms with Crippen LogP contribution in [0.15, 0.2) is 0 Å². The van der Waals surface area contributed by atoms with Crippen LogP contribution in [0.4, 0.5) is 0 Å². The SMILES string of the molecule is C1CCOC1.CCCCCCCCCCCC. The van der Waals surface area contributed by atoms with Gasteiger partial charge in [-0.2, -0.15) is 0 Å². The lowest BCUT2D eigenvalue weighted by atomic mass is 10.1. The van der Waals surface area contributed by atoms with Crippen LogP contribution in [0.1, 0.15) is 90.9 Å². The zero-order chi connectivity index (χ0) is 12.6. The Labute approximate surface area is 109 Å². The molecule has 1 fully saturated rings. The smallest absolute Gasteiger partial charge is 0.0466 e. The first-order valence-corrected chi connectivity index (χ1v) is 7.99. The molecule has 0 N–H and O–H groups in total. The topological polar surface area (TPSA) is 9.23 Å². The molecule has 0 radical (unpaired) electrons. The van der Waals surface area contributed by atoms with Gasteiger partial charge in [0.2, 0.25) is 0 Å². The third-order valence-electron chi connectivity index (χ3n) is 3.28. The second-order valence-electron chi connectivity index (χ2n) is 5.15. The molecule has 1 saturated heterocycles. The van der Waals surface area contributed by atoms with E-state index >= 15 is 0 Å². The van der Waals surface area contributed by atoms with Gasteiger partial charge in [-0.1, -0.05) is 78.1 Å². The van der Waals surface area contributed by atoms with Gasteiger partial charge < -0.3 is 4.74 Å². The normalized spacial score (nSPS) is 14.5. The quantitative estimate of drug-likeness (QED) is 0.470. The van der Waals surface area contributed by atoms with Crippen molar-refractivity contribution in [2.45, 2.75) is 90.9 Å². The molecule has 0 unspecified atom stereocenters. The highest BCUT2D eigenvalue weighted by Gasteiger charge is 1.94. The van der Waals surface area contributed by atoms with Gasteiger partial charge in [0.15, 0.2) is 0 Å². The van der Waals surface area contributed by atoms with Crippen LogP contribution >= 0.6 is 0 Å². The van der Waals surface area contributed by atoms with E-state index in [4.69, 9.17) is 4.74 Å². The van der Waals surface area contributed by atoms with E-state index in [1.807, 2.05) is 0 Å². The summed E-state index contributed by atoms with van der Waals surface area (Å²) in [6, 6.07) is 0. The molecule has 1 heteroatoms. The summed E-state index contributed by atoms with van der Waals surface area (Å²) in [7, 11) is 0. The lowest BCUT2D eigenvalue weighted by molar-refractivity contribution is 0.198. The van der Waals surface area contributed by atoms with E-state index in [0.29, 0.717) is 0 Å². The van der Waals surface area contributed by atoms with Gasteiger partial charge in [0.05, 0.1) is 0 Å².